The molecule has 2 aliphatic rings. The molecule has 0 N–H and O–H groups in total. The van der Waals surface area contributed by atoms with Gasteiger partial charge in [0.05, 0.1) is 11.0 Å². The summed E-state index contributed by atoms with van der Waals surface area (Å²) in [6.07, 6.45) is 6.58. The maximum absolute atomic E-state index is 5.36. The first kappa shape index (κ1) is 29.1. The van der Waals surface area contributed by atoms with E-state index in [1.165, 1.54) is 60.8 Å². The minimum Gasteiger partial charge on any atom is -0.255 e. The Balaban J connectivity index is 1.55. The second-order valence-electron chi connectivity index (χ2n) is 16.6. The molecule has 230 valence electrons. The average Bonchev–Trinajstić information content (AvgIpc) is 3.34. The second-order valence-corrected chi connectivity index (χ2v) is 16.6. The van der Waals surface area contributed by atoms with Crippen molar-refractivity contribution in [3.05, 3.63) is 120 Å². The van der Waals surface area contributed by atoms with E-state index in [4.69, 9.17) is 9.97 Å². The molecule has 6 aromatic rings. The molecule has 46 heavy (non-hydrogen) atoms. The Morgan fingerprint density at radius 1 is 0.435 bits per heavy atom. The first-order valence-corrected chi connectivity index (χ1v) is 16.8. The molecule has 2 aliphatic carbocycles. The lowest BCUT2D eigenvalue weighted by molar-refractivity contribution is 0.403. The molecule has 2 heterocycles. The molecule has 0 spiro atoms. The van der Waals surface area contributed by atoms with Crippen molar-refractivity contribution >= 4 is 21.8 Å². The van der Waals surface area contributed by atoms with Crippen LogP contribution in [-0.2, 0) is 21.7 Å². The standard InChI is InChI=1S/C44H44N2/c1-41(2)25-43(5,6)37-32-22-33-38-35(42(3,4)26-44(38,7)8)24-46-40(33)36(39(32)45-23-34(37)41)31-20-29(27-15-11-9-12-16-27)19-30(21-31)28-17-13-10-14-18-28/h9-24H,25-26H2,1-8H3. The molecule has 0 unspecified atom stereocenters. The zero-order valence-corrected chi connectivity index (χ0v) is 28.5. The summed E-state index contributed by atoms with van der Waals surface area (Å²) in [6.45, 7) is 19.2. The summed E-state index contributed by atoms with van der Waals surface area (Å²) in [5, 5.41) is 2.58. The van der Waals surface area contributed by atoms with Crippen LogP contribution in [0.15, 0.2) is 97.3 Å². The molecule has 2 aromatic heterocycles. The largest absolute Gasteiger partial charge is 0.255 e. The number of benzene rings is 4. The van der Waals surface area contributed by atoms with E-state index < -0.39 is 0 Å². The summed E-state index contributed by atoms with van der Waals surface area (Å²) >= 11 is 0. The number of hydrogen-bond acceptors (Lipinski definition) is 2. The van der Waals surface area contributed by atoms with E-state index >= 15 is 0 Å². The quantitative estimate of drug-likeness (QED) is 0.189. The third-order valence-corrected chi connectivity index (χ3v) is 11.0. The van der Waals surface area contributed by atoms with Gasteiger partial charge in [-0.05, 0) is 109 Å². The smallest absolute Gasteiger partial charge is 0.0805 e. The van der Waals surface area contributed by atoms with Gasteiger partial charge in [0, 0.05) is 28.7 Å². The Morgan fingerprint density at radius 3 is 1.24 bits per heavy atom. The van der Waals surface area contributed by atoms with E-state index in [1.54, 1.807) is 0 Å². The normalized spacial score (nSPS) is 18.5. The van der Waals surface area contributed by atoms with Crippen LogP contribution in [0, 0.1) is 0 Å². The second kappa shape index (κ2) is 9.61. The number of hydrogen-bond donors (Lipinski definition) is 0. The monoisotopic (exact) mass is 600 g/mol. The van der Waals surface area contributed by atoms with E-state index in [9.17, 15) is 0 Å². The zero-order chi connectivity index (χ0) is 32.2. The van der Waals surface area contributed by atoms with Crippen molar-refractivity contribution in [3.63, 3.8) is 0 Å². The molecular formula is C44H44N2. The van der Waals surface area contributed by atoms with Crippen molar-refractivity contribution in [2.75, 3.05) is 0 Å². The zero-order valence-electron chi connectivity index (χ0n) is 28.5. The number of fused-ring (bicyclic) bond motifs is 6. The highest BCUT2D eigenvalue weighted by Gasteiger charge is 2.46. The van der Waals surface area contributed by atoms with Gasteiger partial charge >= 0.3 is 0 Å². The van der Waals surface area contributed by atoms with Gasteiger partial charge in [-0.15, -0.1) is 0 Å². The Kier molecular flexibility index (Phi) is 6.08. The van der Waals surface area contributed by atoms with Crippen LogP contribution in [0.1, 0.15) is 90.5 Å². The topological polar surface area (TPSA) is 25.8 Å². The molecule has 0 saturated heterocycles. The van der Waals surface area contributed by atoms with Crippen molar-refractivity contribution < 1.29 is 0 Å². The summed E-state index contributed by atoms with van der Waals surface area (Å²) in [4.78, 5) is 10.7. The first-order chi connectivity index (χ1) is 21.8. The highest BCUT2D eigenvalue weighted by molar-refractivity contribution is 6.13. The maximum atomic E-state index is 5.36. The minimum absolute atomic E-state index is 0.0340. The molecule has 0 bridgehead atoms. The molecule has 2 heteroatoms. The molecule has 4 aromatic carbocycles. The third-order valence-electron chi connectivity index (χ3n) is 11.0. The van der Waals surface area contributed by atoms with Crippen LogP contribution in [0.3, 0.4) is 0 Å². The predicted molar refractivity (Wildman–Crippen MR) is 195 cm³/mol. The molecule has 2 nitrogen and oxygen atoms in total. The molecule has 0 atom stereocenters. The van der Waals surface area contributed by atoms with E-state index in [0.717, 1.165) is 29.4 Å². The molecule has 0 saturated carbocycles. The van der Waals surface area contributed by atoms with E-state index in [1.807, 2.05) is 0 Å². The minimum atomic E-state index is 0.0340. The van der Waals surface area contributed by atoms with Gasteiger partial charge in [0.2, 0.25) is 0 Å². The molecule has 0 aliphatic heterocycles. The van der Waals surface area contributed by atoms with Crippen LogP contribution < -0.4 is 0 Å². The van der Waals surface area contributed by atoms with E-state index in [2.05, 4.69) is 153 Å². The fourth-order valence-corrected chi connectivity index (χ4v) is 9.69. The summed E-state index contributed by atoms with van der Waals surface area (Å²) < 4.78 is 0. The number of aromatic nitrogens is 2. The molecular weight excluding hydrogens is 556 g/mol. The lowest BCUT2D eigenvalue weighted by Crippen LogP contribution is -2.18. The van der Waals surface area contributed by atoms with Crippen molar-refractivity contribution in [1.29, 1.82) is 0 Å². The Hall–Kier alpha value is -4.30. The van der Waals surface area contributed by atoms with Crippen LogP contribution in [0.25, 0.3) is 55.2 Å². The molecule has 0 radical (unpaired) electrons. The van der Waals surface area contributed by atoms with Crippen LogP contribution in [-0.4, -0.2) is 9.97 Å². The summed E-state index contributed by atoms with van der Waals surface area (Å²) in [5.41, 5.74) is 15.2. The van der Waals surface area contributed by atoms with E-state index in [-0.39, 0.29) is 21.7 Å². The highest BCUT2D eigenvalue weighted by atomic mass is 14.7. The molecule has 0 amide bonds. The third kappa shape index (κ3) is 4.29. The molecule has 8 rings (SSSR count). The van der Waals surface area contributed by atoms with Crippen LogP contribution in [0.4, 0.5) is 0 Å². The lowest BCUT2D eigenvalue weighted by Gasteiger charge is -2.25. The first-order valence-electron chi connectivity index (χ1n) is 16.8. The lowest BCUT2D eigenvalue weighted by atomic mass is 9.79. The maximum Gasteiger partial charge on any atom is 0.0805 e. The van der Waals surface area contributed by atoms with Crippen LogP contribution in [0.2, 0.25) is 0 Å². The van der Waals surface area contributed by atoms with Gasteiger partial charge < -0.3 is 0 Å². The van der Waals surface area contributed by atoms with Gasteiger partial charge in [-0.2, -0.15) is 0 Å². The fraction of sp³-hybridized carbons (Fsp3) is 0.318. The van der Waals surface area contributed by atoms with Gasteiger partial charge in [0.1, 0.15) is 0 Å². The van der Waals surface area contributed by atoms with Gasteiger partial charge in [-0.25, -0.2) is 0 Å². The average molecular weight is 601 g/mol. The predicted octanol–water partition coefficient (Wildman–Crippen LogP) is 11.7. The number of nitrogens with zero attached hydrogens (tertiary/aromatic N) is 2. The number of rotatable bonds is 3. The van der Waals surface area contributed by atoms with Crippen molar-refractivity contribution in [2.45, 2.75) is 89.9 Å². The van der Waals surface area contributed by atoms with Crippen molar-refractivity contribution in [3.8, 4) is 33.4 Å². The molecule has 0 fully saturated rings. The Bertz CT molecular complexity index is 2030. The fourth-order valence-electron chi connectivity index (χ4n) is 9.69. The Labute approximate surface area is 274 Å². The summed E-state index contributed by atoms with van der Waals surface area (Å²) in [5.74, 6) is 0. The SMILES string of the molecule is CC1(C)CC(C)(C)c2c1cnc1c(-c3cc(-c4ccccc4)cc(-c4ccccc4)c3)c3ncc4c(c3cc21)C(C)(C)CC4(C)C. The van der Waals surface area contributed by atoms with Crippen LogP contribution >= 0.6 is 0 Å². The van der Waals surface area contributed by atoms with Gasteiger partial charge in [0.25, 0.3) is 0 Å². The summed E-state index contributed by atoms with van der Waals surface area (Å²) in [7, 11) is 0. The van der Waals surface area contributed by atoms with Crippen molar-refractivity contribution in [2.24, 2.45) is 0 Å². The van der Waals surface area contributed by atoms with E-state index in [0.29, 0.717) is 0 Å². The highest BCUT2D eigenvalue weighted by Crippen LogP contribution is 2.56. The number of pyridine rings is 2. The van der Waals surface area contributed by atoms with Gasteiger partial charge in [-0.3, -0.25) is 9.97 Å². The summed E-state index contributed by atoms with van der Waals surface area (Å²) in [6, 6.07) is 31.1. The van der Waals surface area contributed by atoms with Gasteiger partial charge in [-0.1, -0.05) is 116 Å². The van der Waals surface area contributed by atoms with Crippen molar-refractivity contribution in [1.82, 2.24) is 9.97 Å². The van der Waals surface area contributed by atoms with Crippen LogP contribution in [0.5, 0.6) is 0 Å². The van der Waals surface area contributed by atoms with Gasteiger partial charge in [0.15, 0.2) is 0 Å². The Morgan fingerprint density at radius 2 is 0.826 bits per heavy atom.